The number of halogens is 1. The van der Waals surface area contributed by atoms with Crippen LogP contribution in [0.5, 0.6) is 0 Å². The first-order chi connectivity index (χ1) is 9.98. The highest BCUT2D eigenvalue weighted by molar-refractivity contribution is 5.92. The van der Waals surface area contributed by atoms with Crippen molar-refractivity contribution in [3.05, 3.63) is 29.8 Å². The summed E-state index contributed by atoms with van der Waals surface area (Å²) in [5, 5.41) is 9.43. The van der Waals surface area contributed by atoms with Crippen LogP contribution in [0.1, 0.15) is 43.1 Å². The molecule has 1 aliphatic rings. The number of aromatic nitrogens is 1. The average Bonchev–Trinajstić information content (AvgIpc) is 2.47. The third-order valence-corrected chi connectivity index (χ3v) is 4.12. The van der Waals surface area contributed by atoms with E-state index in [-0.39, 0.29) is 11.6 Å². The molecule has 1 aliphatic heterocycles. The molecule has 0 spiro atoms. The minimum Gasteiger partial charge on any atom is -0.481 e. The van der Waals surface area contributed by atoms with Crippen molar-refractivity contribution in [2.45, 2.75) is 32.6 Å². The van der Waals surface area contributed by atoms with Gasteiger partial charge in [-0.2, -0.15) is 4.39 Å². The predicted molar refractivity (Wildman–Crippen MR) is 74.3 cm³/mol. The SMILES string of the molecule is CCCC1(C(=O)O)CCN(C(=O)c2cccc(F)n2)CC1. The molecule has 1 saturated heterocycles. The number of hydrogen-bond acceptors (Lipinski definition) is 3. The zero-order valence-electron chi connectivity index (χ0n) is 12.0. The molecule has 114 valence electrons. The molecule has 21 heavy (non-hydrogen) atoms. The number of piperidine rings is 1. The zero-order valence-corrected chi connectivity index (χ0v) is 12.0. The number of pyridine rings is 1. The summed E-state index contributed by atoms with van der Waals surface area (Å²) in [5.41, 5.74) is -0.672. The van der Waals surface area contributed by atoms with Crippen LogP contribution in [0.4, 0.5) is 4.39 Å². The number of hydrogen-bond donors (Lipinski definition) is 1. The van der Waals surface area contributed by atoms with Gasteiger partial charge in [0.15, 0.2) is 0 Å². The van der Waals surface area contributed by atoms with Crippen molar-refractivity contribution in [3.8, 4) is 0 Å². The van der Waals surface area contributed by atoms with Crippen LogP contribution in [-0.2, 0) is 4.79 Å². The van der Waals surface area contributed by atoms with Gasteiger partial charge in [-0.05, 0) is 31.4 Å². The molecule has 1 aromatic heterocycles. The second kappa shape index (κ2) is 6.20. The van der Waals surface area contributed by atoms with Gasteiger partial charge in [0.05, 0.1) is 5.41 Å². The average molecular weight is 294 g/mol. The third-order valence-electron chi connectivity index (χ3n) is 4.12. The van der Waals surface area contributed by atoms with Crippen LogP contribution in [0.2, 0.25) is 0 Å². The zero-order chi connectivity index (χ0) is 15.5. The third kappa shape index (κ3) is 3.20. The Labute approximate surface area is 122 Å². The number of amides is 1. The van der Waals surface area contributed by atoms with Gasteiger partial charge in [0.25, 0.3) is 5.91 Å². The summed E-state index contributed by atoms with van der Waals surface area (Å²) in [6.45, 7) is 2.69. The lowest BCUT2D eigenvalue weighted by Gasteiger charge is -2.38. The Kier molecular flexibility index (Phi) is 4.55. The van der Waals surface area contributed by atoms with E-state index in [2.05, 4.69) is 4.98 Å². The topological polar surface area (TPSA) is 70.5 Å². The molecule has 0 aliphatic carbocycles. The fraction of sp³-hybridized carbons (Fsp3) is 0.533. The van der Waals surface area contributed by atoms with Crippen molar-refractivity contribution < 1.29 is 19.1 Å². The molecule has 2 rings (SSSR count). The monoisotopic (exact) mass is 294 g/mol. The first kappa shape index (κ1) is 15.4. The smallest absolute Gasteiger partial charge is 0.309 e. The molecule has 2 heterocycles. The molecule has 0 radical (unpaired) electrons. The molecule has 5 nitrogen and oxygen atoms in total. The number of likely N-dealkylation sites (tertiary alicyclic amines) is 1. The highest BCUT2D eigenvalue weighted by Crippen LogP contribution is 2.36. The summed E-state index contributed by atoms with van der Waals surface area (Å²) in [5.74, 6) is -1.82. The second-order valence-corrected chi connectivity index (χ2v) is 5.47. The minimum atomic E-state index is -0.791. The first-order valence-corrected chi connectivity index (χ1v) is 7.14. The first-order valence-electron chi connectivity index (χ1n) is 7.14. The molecule has 1 fully saturated rings. The van der Waals surface area contributed by atoms with Gasteiger partial charge in [-0.15, -0.1) is 0 Å². The molecule has 0 saturated carbocycles. The Morgan fingerprint density at radius 1 is 1.38 bits per heavy atom. The lowest BCUT2D eigenvalue weighted by molar-refractivity contribution is -0.152. The van der Waals surface area contributed by atoms with Crippen molar-refractivity contribution in [1.29, 1.82) is 0 Å². The molecule has 1 aromatic rings. The maximum absolute atomic E-state index is 13.1. The van der Waals surface area contributed by atoms with Gasteiger partial charge >= 0.3 is 5.97 Å². The van der Waals surface area contributed by atoms with Crippen LogP contribution in [-0.4, -0.2) is 40.0 Å². The Bertz CT molecular complexity index is 539. The molecule has 0 unspecified atom stereocenters. The van der Waals surface area contributed by atoms with E-state index in [0.29, 0.717) is 32.4 Å². The van der Waals surface area contributed by atoms with E-state index in [1.165, 1.54) is 18.2 Å². The van der Waals surface area contributed by atoms with Crippen LogP contribution in [0.25, 0.3) is 0 Å². The lowest BCUT2D eigenvalue weighted by Crippen LogP contribution is -2.46. The van der Waals surface area contributed by atoms with Crippen molar-refractivity contribution >= 4 is 11.9 Å². The summed E-state index contributed by atoms with van der Waals surface area (Å²) in [7, 11) is 0. The molecular formula is C15H19FN2O3. The van der Waals surface area contributed by atoms with Crippen LogP contribution in [0, 0.1) is 11.4 Å². The Morgan fingerprint density at radius 2 is 2.05 bits per heavy atom. The van der Waals surface area contributed by atoms with Crippen molar-refractivity contribution in [2.24, 2.45) is 5.41 Å². The number of carbonyl (C=O) groups is 2. The van der Waals surface area contributed by atoms with Crippen molar-refractivity contribution in [2.75, 3.05) is 13.1 Å². The maximum atomic E-state index is 13.1. The van der Waals surface area contributed by atoms with E-state index in [1.54, 1.807) is 4.90 Å². The summed E-state index contributed by atoms with van der Waals surface area (Å²) in [6.07, 6.45) is 2.27. The molecule has 1 N–H and O–H groups in total. The van der Waals surface area contributed by atoms with Crippen molar-refractivity contribution in [1.82, 2.24) is 9.88 Å². The van der Waals surface area contributed by atoms with Gasteiger partial charge < -0.3 is 10.0 Å². The number of carboxylic acids is 1. The molecule has 6 heteroatoms. The number of rotatable bonds is 4. The fourth-order valence-electron chi connectivity index (χ4n) is 2.88. The van der Waals surface area contributed by atoms with Crippen LogP contribution in [0.3, 0.4) is 0 Å². The van der Waals surface area contributed by atoms with Crippen LogP contribution < -0.4 is 0 Å². The largest absolute Gasteiger partial charge is 0.481 e. The fourth-order valence-corrected chi connectivity index (χ4v) is 2.88. The predicted octanol–water partition coefficient (Wildman–Crippen LogP) is 2.33. The van der Waals surface area contributed by atoms with E-state index in [9.17, 15) is 19.1 Å². The van der Waals surface area contributed by atoms with Gasteiger partial charge in [-0.3, -0.25) is 9.59 Å². The summed E-state index contributed by atoms with van der Waals surface area (Å²) < 4.78 is 13.1. The van der Waals surface area contributed by atoms with E-state index in [4.69, 9.17) is 0 Å². The van der Waals surface area contributed by atoms with Gasteiger partial charge in [0.2, 0.25) is 5.95 Å². The number of nitrogens with zero attached hydrogens (tertiary/aromatic N) is 2. The number of carbonyl (C=O) groups excluding carboxylic acids is 1. The molecular weight excluding hydrogens is 275 g/mol. The van der Waals surface area contributed by atoms with E-state index in [0.717, 1.165) is 6.42 Å². The summed E-state index contributed by atoms with van der Waals surface area (Å²) >= 11 is 0. The molecule has 1 amide bonds. The molecule has 0 atom stereocenters. The normalized spacial score (nSPS) is 17.5. The Balaban J connectivity index is 2.06. The Hall–Kier alpha value is -1.98. The van der Waals surface area contributed by atoms with Gasteiger partial charge in [-0.25, -0.2) is 4.98 Å². The van der Waals surface area contributed by atoms with Gasteiger partial charge in [0.1, 0.15) is 5.69 Å². The highest BCUT2D eigenvalue weighted by Gasteiger charge is 2.41. The maximum Gasteiger partial charge on any atom is 0.309 e. The van der Waals surface area contributed by atoms with Gasteiger partial charge in [0, 0.05) is 13.1 Å². The summed E-state index contributed by atoms with van der Waals surface area (Å²) in [4.78, 5) is 28.9. The van der Waals surface area contributed by atoms with E-state index < -0.39 is 17.3 Å². The minimum absolute atomic E-state index is 0.0633. The van der Waals surface area contributed by atoms with E-state index in [1.807, 2.05) is 6.92 Å². The number of aliphatic carboxylic acids is 1. The highest BCUT2D eigenvalue weighted by atomic mass is 19.1. The van der Waals surface area contributed by atoms with Crippen molar-refractivity contribution in [3.63, 3.8) is 0 Å². The Morgan fingerprint density at radius 3 is 2.57 bits per heavy atom. The summed E-state index contributed by atoms with van der Waals surface area (Å²) in [6, 6.07) is 4.10. The second-order valence-electron chi connectivity index (χ2n) is 5.47. The number of carboxylic acid groups (broad SMARTS) is 1. The molecule has 0 bridgehead atoms. The molecule has 0 aromatic carbocycles. The van der Waals surface area contributed by atoms with Crippen LogP contribution in [0.15, 0.2) is 18.2 Å². The van der Waals surface area contributed by atoms with Gasteiger partial charge in [-0.1, -0.05) is 19.4 Å². The standard InChI is InChI=1S/C15H19FN2O3/c1-2-6-15(14(20)21)7-9-18(10-8-15)13(19)11-4-3-5-12(16)17-11/h3-5H,2,6-10H2,1H3,(H,20,21). The van der Waals surface area contributed by atoms with E-state index >= 15 is 0 Å². The lowest BCUT2D eigenvalue weighted by atomic mass is 9.75. The quantitative estimate of drug-likeness (QED) is 0.865. The van der Waals surface area contributed by atoms with Crippen LogP contribution >= 0.6 is 0 Å².